The van der Waals surface area contributed by atoms with Crippen molar-refractivity contribution >= 4 is 28.8 Å². The molecule has 0 radical (unpaired) electrons. The standard InChI is InChI=1S/C32H32NO7/c1-32(2,3)40-31(36)24-14-12-23(13-15-24)30(35)38-21-33(16-18-37-19-17-33)28-20-27(34)26-11-7-10-25(29(26)39-28)22-8-5-4-6-9-22/h4-15,20H,16-19,21H2,1-3H3/q+1. The van der Waals surface area contributed by atoms with Gasteiger partial charge in [0, 0.05) is 5.56 Å². The summed E-state index contributed by atoms with van der Waals surface area (Å²) < 4.78 is 23.3. The van der Waals surface area contributed by atoms with Crippen LogP contribution in [0.25, 0.3) is 22.1 Å². The number of carbonyl (C=O) groups excluding carboxylic acids is 2. The van der Waals surface area contributed by atoms with Gasteiger partial charge in [0.15, 0.2) is 11.0 Å². The summed E-state index contributed by atoms with van der Waals surface area (Å²) in [5, 5.41) is 0.485. The minimum Gasteiger partial charge on any atom is -0.456 e. The van der Waals surface area contributed by atoms with Crippen LogP contribution in [0.2, 0.25) is 0 Å². The Morgan fingerprint density at radius 2 is 1.50 bits per heavy atom. The lowest BCUT2D eigenvalue weighted by atomic mass is 10.0. The molecule has 40 heavy (non-hydrogen) atoms. The fourth-order valence-electron chi connectivity index (χ4n) is 4.69. The number of nitrogens with zero attached hydrogens (tertiary/aromatic N) is 1. The molecule has 1 fully saturated rings. The van der Waals surface area contributed by atoms with Crippen LogP contribution in [0, 0.1) is 0 Å². The second kappa shape index (κ2) is 11.1. The molecule has 1 aliphatic rings. The molecule has 4 aromatic rings. The zero-order chi connectivity index (χ0) is 28.3. The summed E-state index contributed by atoms with van der Waals surface area (Å²) in [4.78, 5) is 38.6. The van der Waals surface area contributed by atoms with Crippen LogP contribution < -0.4 is 9.91 Å². The quantitative estimate of drug-likeness (QED) is 0.232. The van der Waals surface area contributed by atoms with E-state index in [1.54, 1.807) is 26.8 Å². The summed E-state index contributed by atoms with van der Waals surface area (Å²) in [6.45, 7) is 7.11. The average Bonchev–Trinajstić information content (AvgIpc) is 2.96. The van der Waals surface area contributed by atoms with Crippen molar-refractivity contribution in [1.29, 1.82) is 0 Å². The van der Waals surface area contributed by atoms with Gasteiger partial charge in [-0.1, -0.05) is 42.5 Å². The second-order valence-corrected chi connectivity index (χ2v) is 10.8. The first kappa shape index (κ1) is 27.3. The van der Waals surface area contributed by atoms with E-state index in [4.69, 9.17) is 18.6 Å². The lowest BCUT2D eigenvalue weighted by molar-refractivity contribution is -0.0242. The molecule has 1 saturated heterocycles. The third-order valence-corrected chi connectivity index (χ3v) is 6.82. The Kier molecular flexibility index (Phi) is 7.56. The number of quaternary nitrogens is 1. The summed E-state index contributed by atoms with van der Waals surface area (Å²) in [6, 6.07) is 22.9. The molecule has 0 unspecified atom stereocenters. The minimum absolute atomic E-state index is 0.0437. The van der Waals surface area contributed by atoms with Crippen LogP contribution in [0.1, 0.15) is 41.5 Å². The number of carbonyl (C=O) groups is 2. The molecule has 206 valence electrons. The third kappa shape index (κ3) is 5.83. The number of para-hydroxylation sites is 1. The van der Waals surface area contributed by atoms with Gasteiger partial charge in [0.25, 0.3) is 0 Å². The van der Waals surface area contributed by atoms with Gasteiger partial charge in [0.1, 0.15) is 18.7 Å². The molecule has 2 heterocycles. The zero-order valence-electron chi connectivity index (χ0n) is 22.8. The van der Waals surface area contributed by atoms with Gasteiger partial charge in [-0.25, -0.2) is 14.1 Å². The Hall–Kier alpha value is -4.27. The van der Waals surface area contributed by atoms with E-state index >= 15 is 0 Å². The molecule has 1 aliphatic heterocycles. The molecule has 5 rings (SSSR count). The van der Waals surface area contributed by atoms with E-state index in [9.17, 15) is 14.4 Å². The lowest BCUT2D eigenvalue weighted by Gasteiger charge is -2.37. The van der Waals surface area contributed by atoms with Crippen molar-refractivity contribution in [2.75, 3.05) is 33.0 Å². The number of benzene rings is 3. The van der Waals surface area contributed by atoms with E-state index in [2.05, 4.69) is 0 Å². The molecule has 0 amide bonds. The molecule has 0 saturated carbocycles. The first-order valence-corrected chi connectivity index (χ1v) is 13.2. The van der Waals surface area contributed by atoms with Crippen LogP contribution in [0.3, 0.4) is 0 Å². The highest BCUT2D eigenvalue weighted by molar-refractivity contribution is 5.94. The maximum absolute atomic E-state index is 13.3. The van der Waals surface area contributed by atoms with Gasteiger partial charge in [-0.3, -0.25) is 4.79 Å². The van der Waals surface area contributed by atoms with E-state index < -0.39 is 17.5 Å². The molecular weight excluding hydrogens is 510 g/mol. The van der Waals surface area contributed by atoms with Crippen LogP contribution in [0.15, 0.2) is 88.1 Å². The number of fused-ring (bicyclic) bond motifs is 1. The summed E-state index contributed by atoms with van der Waals surface area (Å²) in [5.74, 6) is -0.600. The minimum atomic E-state index is -0.621. The maximum Gasteiger partial charge on any atom is 0.342 e. The van der Waals surface area contributed by atoms with Gasteiger partial charge < -0.3 is 18.6 Å². The van der Waals surface area contributed by atoms with Crippen molar-refractivity contribution in [3.63, 3.8) is 0 Å². The molecule has 1 aromatic heterocycles. The number of hydrogen-bond donors (Lipinski definition) is 0. The predicted molar refractivity (Wildman–Crippen MR) is 152 cm³/mol. The summed E-state index contributed by atoms with van der Waals surface area (Å²) in [6.07, 6.45) is 0. The Labute approximate surface area is 232 Å². The van der Waals surface area contributed by atoms with Crippen molar-refractivity contribution in [2.24, 2.45) is 0 Å². The Morgan fingerprint density at radius 1 is 0.850 bits per heavy atom. The molecule has 8 heteroatoms. The molecule has 3 aromatic carbocycles. The second-order valence-electron chi connectivity index (χ2n) is 10.8. The molecule has 0 aliphatic carbocycles. The largest absolute Gasteiger partial charge is 0.456 e. The average molecular weight is 543 g/mol. The molecule has 0 atom stereocenters. The normalized spacial score (nSPS) is 15.0. The Balaban J connectivity index is 1.42. The Bertz CT molecular complexity index is 1580. The van der Waals surface area contributed by atoms with Crippen molar-refractivity contribution < 1.29 is 28.2 Å². The maximum atomic E-state index is 13.3. The topological polar surface area (TPSA) is 92.0 Å². The number of morpholine rings is 1. The third-order valence-electron chi connectivity index (χ3n) is 6.82. The summed E-state index contributed by atoms with van der Waals surface area (Å²) in [7, 11) is 0. The van der Waals surface area contributed by atoms with E-state index in [0.29, 0.717) is 54.3 Å². The number of ether oxygens (including phenoxy) is 3. The van der Waals surface area contributed by atoms with Crippen LogP contribution in [0.4, 0.5) is 5.88 Å². The number of hydrogen-bond acceptors (Lipinski definition) is 7. The summed E-state index contributed by atoms with van der Waals surface area (Å²) >= 11 is 0. The van der Waals surface area contributed by atoms with E-state index in [0.717, 1.165) is 11.1 Å². The van der Waals surface area contributed by atoms with E-state index in [-0.39, 0.29) is 16.6 Å². The van der Waals surface area contributed by atoms with Crippen molar-refractivity contribution in [3.8, 4) is 11.1 Å². The van der Waals surface area contributed by atoms with Gasteiger partial charge in [-0.15, -0.1) is 0 Å². The fourth-order valence-corrected chi connectivity index (χ4v) is 4.69. The molecule has 0 bridgehead atoms. The predicted octanol–water partition coefficient (Wildman–Crippen LogP) is 5.57. The number of esters is 2. The van der Waals surface area contributed by atoms with Gasteiger partial charge in [-0.2, -0.15) is 0 Å². The van der Waals surface area contributed by atoms with Crippen LogP contribution in [-0.2, 0) is 14.2 Å². The highest BCUT2D eigenvalue weighted by atomic mass is 16.6. The van der Waals surface area contributed by atoms with Crippen molar-refractivity contribution in [2.45, 2.75) is 26.4 Å². The van der Waals surface area contributed by atoms with Crippen molar-refractivity contribution in [1.82, 2.24) is 4.48 Å². The highest BCUT2D eigenvalue weighted by Crippen LogP contribution is 2.33. The van der Waals surface area contributed by atoms with Crippen LogP contribution in [0.5, 0.6) is 0 Å². The van der Waals surface area contributed by atoms with E-state index in [1.807, 2.05) is 42.5 Å². The lowest BCUT2D eigenvalue weighted by Crippen LogP contribution is -2.58. The molecule has 0 spiro atoms. The van der Waals surface area contributed by atoms with E-state index in [1.165, 1.54) is 30.3 Å². The van der Waals surface area contributed by atoms with Gasteiger partial charge in [0.2, 0.25) is 6.73 Å². The smallest absolute Gasteiger partial charge is 0.342 e. The zero-order valence-corrected chi connectivity index (χ0v) is 22.8. The SMILES string of the molecule is CC(C)(C)OC(=O)c1ccc(C(=O)OC[N+]2(c3cc(=O)c4cccc(-c5ccccc5)c4o3)CCOCC2)cc1. The van der Waals surface area contributed by atoms with Gasteiger partial charge in [-0.05, 0) is 56.7 Å². The molecule has 8 nitrogen and oxygen atoms in total. The number of rotatable bonds is 6. The summed E-state index contributed by atoms with van der Waals surface area (Å²) in [5.41, 5.74) is 2.09. The van der Waals surface area contributed by atoms with Crippen LogP contribution >= 0.6 is 0 Å². The first-order chi connectivity index (χ1) is 19.2. The molecule has 0 N–H and O–H groups in total. The Morgan fingerprint density at radius 3 is 2.15 bits per heavy atom. The highest BCUT2D eigenvalue weighted by Gasteiger charge is 2.38. The van der Waals surface area contributed by atoms with Gasteiger partial charge in [0.05, 0.1) is 35.8 Å². The molecular formula is C32H32NO7+. The van der Waals surface area contributed by atoms with Gasteiger partial charge >= 0.3 is 17.8 Å². The first-order valence-electron chi connectivity index (χ1n) is 13.2. The van der Waals surface area contributed by atoms with Crippen LogP contribution in [-0.4, -0.2) is 50.6 Å². The van der Waals surface area contributed by atoms with Crippen molar-refractivity contribution in [3.05, 3.63) is 100 Å². The fraction of sp³-hybridized carbons (Fsp3) is 0.281. The monoisotopic (exact) mass is 542 g/mol.